The third kappa shape index (κ3) is 6.05. The van der Waals surface area contributed by atoms with Gasteiger partial charge >= 0.3 is 0 Å². The Morgan fingerprint density at radius 2 is 1.22 bits per heavy atom. The first-order valence-electron chi connectivity index (χ1n) is 8.97. The molecule has 0 aliphatic heterocycles. The van der Waals surface area contributed by atoms with E-state index in [1.54, 1.807) is 12.1 Å². The van der Waals surface area contributed by atoms with Gasteiger partial charge in [0.05, 0.1) is 13.0 Å². The topological polar surface area (TPSA) is 54.4 Å². The van der Waals surface area contributed by atoms with Crippen LogP contribution in [-0.2, 0) is 10.1 Å². The molecule has 1 aromatic carbocycles. The summed E-state index contributed by atoms with van der Waals surface area (Å²) in [7, 11) is -5.69. The fourth-order valence-corrected chi connectivity index (χ4v) is 9.39. The summed E-state index contributed by atoms with van der Waals surface area (Å²) in [5.74, 6) is 0. The number of hydrogen-bond donors (Lipinski definition) is 1. The standard InChI is InChI=1S/C18H32O3SSi/c1-4-7-14-23(15-8-5-2,16-9-6-3)18-12-10-17(11-13-18)22(19,20)21/h10-13H,4-9,14-16H2,1-3H3,(H,19,20,21). The molecule has 0 saturated carbocycles. The van der Waals surface area contributed by atoms with E-state index in [1.807, 2.05) is 12.1 Å². The lowest BCUT2D eigenvalue weighted by molar-refractivity contribution is 0.483. The molecule has 1 aromatic rings. The maximum absolute atomic E-state index is 11.3. The maximum Gasteiger partial charge on any atom is 0.294 e. The molecule has 1 N–H and O–H groups in total. The summed E-state index contributed by atoms with van der Waals surface area (Å²) < 4.78 is 31.7. The van der Waals surface area contributed by atoms with Crippen molar-refractivity contribution < 1.29 is 13.0 Å². The molecule has 0 atom stereocenters. The lowest BCUT2D eigenvalue weighted by Gasteiger charge is -2.33. The average Bonchev–Trinajstić information content (AvgIpc) is 2.54. The maximum atomic E-state index is 11.3. The summed E-state index contributed by atoms with van der Waals surface area (Å²) in [6.07, 6.45) is 7.36. The minimum Gasteiger partial charge on any atom is -0.282 e. The monoisotopic (exact) mass is 356 g/mol. The molecular weight excluding hydrogens is 324 g/mol. The van der Waals surface area contributed by atoms with Gasteiger partial charge in [-0.25, -0.2) is 0 Å². The van der Waals surface area contributed by atoms with Crippen molar-refractivity contribution >= 4 is 23.4 Å². The molecule has 0 saturated heterocycles. The smallest absolute Gasteiger partial charge is 0.282 e. The second-order valence-electron chi connectivity index (χ2n) is 6.59. The van der Waals surface area contributed by atoms with E-state index in [1.165, 1.54) is 61.8 Å². The highest BCUT2D eigenvalue weighted by molar-refractivity contribution is 7.85. The van der Waals surface area contributed by atoms with Crippen molar-refractivity contribution in [2.45, 2.75) is 82.3 Å². The van der Waals surface area contributed by atoms with Crippen LogP contribution in [0.2, 0.25) is 18.1 Å². The molecule has 5 heteroatoms. The largest absolute Gasteiger partial charge is 0.294 e. The van der Waals surface area contributed by atoms with Crippen molar-refractivity contribution in [2.75, 3.05) is 0 Å². The lowest BCUT2D eigenvalue weighted by Crippen LogP contribution is -2.47. The SMILES string of the molecule is CCCC[Si](CCCC)(CCCC)c1ccc(S(=O)(=O)O)cc1. The Hall–Kier alpha value is -0.653. The third-order valence-corrected chi connectivity index (χ3v) is 11.1. The molecule has 0 aromatic heterocycles. The first kappa shape index (κ1) is 20.4. The fraction of sp³-hybridized carbons (Fsp3) is 0.667. The van der Waals surface area contributed by atoms with E-state index in [-0.39, 0.29) is 4.90 Å². The summed E-state index contributed by atoms with van der Waals surface area (Å²) in [6, 6.07) is 11.0. The van der Waals surface area contributed by atoms with Gasteiger partial charge < -0.3 is 0 Å². The van der Waals surface area contributed by atoms with Gasteiger partial charge in [0.1, 0.15) is 0 Å². The zero-order valence-corrected chi connectivity index (χ0v) is 16.7. The molecule has 0 bridgehead atoms. The van der Waals surface area contributed by atoms with Crippen LogP contribution in [0, 0.1) is 0 Å². The van der Waals surface area contributed by atoms with Crippen LogP contribution in [0.25, 0.3) is 0 Å². The Kier molecular flexibility index (Phi) is 8.51. The van der Waals surface area contributed by atoms with E-state index in [0.29, 0.717) is 0 Å². The Morgan fingerprint density at radius 3 is 1.52 bits per heavy atom. The Balaban J connectivity index is 3.17. The molecule has 0 spiro atoms. The fourth-order valence-electron chi connectivity index (χ4n) is 3.33. The number of rotatable bonds is 11. The molecule has 0 amide bonds. The predicted octanol–water partition coefficient (Wildman–Crippen LogP) is 4.99. The van der Waals surface area contributed by atoms with Crippen molar-refractivity contribution in [1.82, 2.24) is 0 Å². The highest BCUT2D eigenvalue weighted by Gasteiger charge is 2.33. The van der Waals surface area contributed by atoms with Crippen LogP contribution < -0.4 is 5.19 Å². The number of unbranched alkanes of at least 4 members (excludes halogenated alkanes) is 3. The van der Waals surface area contributed by atoms with Crippen LogP contribution in [0.1, 0.15) is 59.3 Å². The van der Waals surface area contributed by atoms with E-state index < -0.39 is 18.2 Å². The molecule has 1 rings (SSSR count). The molecule has 3 nitrogen and oxygen atoms in total. The van der Waals surface area contributed by atoms with Crippen molar-refractivity contribution in [1.29, 1.82) is 0 Å². The van der Waals surface area contributed by atoms with E-state index in [2.05, 4.69) is 20.8 Å². The summed E-state index contributed by atoms with van der Waals surface area (Å²) in [6.45, 7) is 6.71. The molecular formula is C18H32O3SSi. The second-order valence-corrected chi connectivity index (χ2v) is 12.6. The van der Waals surface area contributed by atoms with Crippen molar-refractivity contribution in [3.05, 3.63) is 24.3 Å². The molecule has 0 heterocycles. The normalized spacial score (nSPS) is 12.5. The second kappa shape index (κ2) is 9.60. The Labute approximate surface area is 143 Å². The van der Waals surface area contributed by atoms with E-state index >= 15 is 0 Å². The molecule has 0 fully saturated rings. The summed E-state index contributed by atoms with van der Waals surface area (Å²) in [4.78, 5) is 0.00521. The van der Waals surface area contributed by atoms with Crippen LogP contribution in [0.15, 0.2) is 29.2 Å². The third-order valence-electron chi connectivity index (χ3n) is 4.79. The Morgan fingerprint density at radius 1 is 0.826 bits per heavy atom. The van der Waals surface area contributed by atoms with Crippen LogP contribution in [0.5, 0.6) is 0 Å². The predicted molar refractivity (Wildman–Crippen MR) is 101 cm³/mol. The van der Waals surface area contributed by atoms with E-state index in [0.717, 1.165) is 0 Å². The van der Waals surface area contributed by atoms with Gasteiger partial charge in [-0.05, 0) is 12.1 Å². The minimum absolute atomic E-state index is 0.00521. The molecule has 0 radical (unpaired) electrons. The van der Waals surface area contributed by atoms with Gasteiger partial charge in [-0.3, -0.25) is 4.55 Å². The molecule has 0 unspecified atom stereocenters. The number of hydrogen-bond acceptors (Lipinski definition) is 2. The van der Waals surface area contributed by atoms with Gasteiger partial charge in [0.15, 0.2) is 0 Å². The Bertz CT molecular complexity index is 530. The van der Waals surface area contributed by atoms with Crippen molar-refractivity contribution in [2.24, 2.45) is 0 Å². The van der Waals surface area contributed by atoms with Gasteiger partial charge in [-0.1, -0.05) is 94.7 Å². The zero-order chi connectivity index (χ0) is 17.3. The van der Waals surface area contributed by atoms with Gasteiger partial charge in [0.2, 0.25) is 0 Å². The molecule has 23 heavy (non-hydrogen) atoms. The highest BCUT2D eigenvalue weighted by atomic mass is 32.2. The van der Waals surface area contributed by atoms with Gasteiger partial charge in [-0.2, -0.15) is 8.42 Å². The van der Waals surface area contributed by atoms with Gasteiger partial charge in [0.25, 0.3) is 10.1 Å². The van der Waals surface area contributed by atoms with Gasteiger partial charge in [0, 0.05) is 0 Å². The van der Waals surface area contributed by atoms with Crippen LogP contribution in [-0.4, -0.2) is 21.0 Å². The van der Waals surface area contributed by atoms with Crippen molar-refractivity contribution in [3.8, 4) is 0 Å². The van der Waals surface area contributed by atoms with Crippen LogP contribution >= 0.6 is 0 Å². The van der Waals surface area contributed by atoms with Gasteiger partial charge in [-0.15, -0.1) is 0 Å². The first-order valence-corrected chi connectivity index (χ1v) is 13.0. The van der Waals surface area contributed by atoms with E-state index in [9.17, 15) is 13.0 Å². The molecule has 132 valence electrons. The zero-order valence-electron chi connectivity index (χ0n) is 14.8. The molecule has 0 aliphatic rings. The molecule has 0 aliphatic carbocycles. The summed E-state index contributed by atoms with van der Waals surface area (Å²) >= 11 is 0. The lowest BCUT2D eigenvalue weighted by atomic mass is 10.3. The summed E-state index contributed by atoms with van der Waals surface area (Å²) in [5.41, 5.74) is 0. The average molecular weight is 357 g/mol. The summed E-state index contributed by atoms with van der Waals surface area (Å²) in [5, 5.41) is 1.36. The van der Waals surface area contributed by atoms with E-state index in [4.69, 9.17) is 0 Å². The first-order chi connectivity index (χ1) is 10.9. The van der Waals surface area contributed by atoms with Crippen molar-refractivity contribution in [3.63, 3.8) is 0 Å². The van der Waals surface area contributed by atoms with Crippen LogP contribution in [0.4, 0.5) is 0 Å². The quantitative estimate of drug-likeness (QED) is 0.449. The highest BCUT2D eigenvalue weighted by Crippen LogP contribution is 2.28. The van der Waals surface area contributed by atoms with Crippen LogP contribution in [0.3, 0.4) is 0 Å². The number of benzene rings is 1. The minimum atomic E-state index is -4.10.